The molecular weight excluding hydrogens is 349 g/mol. The van der Waals surface area contributed by atoms with E-state index in [1.54, 1.807) is 11.8 Å². The molecule has 2 aromatic heterocycles. The first-order valence-electron chi connectivity index (χ1n) is 8.40. The number of nitrogens with zero attached hydrogens (tertiary/aromatic N) is 3. The molecule has 1 fully saturated rings. The minimum Gasteiger partial charge on any atom is -0.359 e. The Morgan fingerprint density at radius 2 is 2.00 bits per heavy atom. The number of pyridine rings is 1. The first kappa shape index (κ1) is 18.2. The van der Waals surface area contributed by atoms with Gasteiger partial charge in [0.05, 0.1) is 6.04 Å². The monoisotopic (exact) mass is 368 g/mol. The maximum Gasteiger partial charge on any atom is 0.433 e. The lowest BCUT2D eigenvalue weighted by Crippen LogP contribution is -2.43. The highest BCUT2D eigenvalue weighted by Gasteiger charge is 2.32. The first-order chi connectivity index (χ1) is 12.3. The van der Waals surface area contributed by atoms with Crippen LogP contribution in [0, 0.1) is 0 Å². The summed E-state index contributed by atoms with van der Waals surface area (Å²) in [6, 6.07) is 3.23. The normalized spacial score (nSPS) is 16.4. The molecule has 0 saturated carbocycles. The van der Waals surface area contributed by atoms with Gasteiger partial charge in [0, 0.05) is 30.9 Å². The van der Waals surface area contributed by atoms with Crippen molar-refractivity contribution in [2.45, 2.75) is 38.4 Å². The molecule has 6 nitrogen and oxygen atoms in total. The summed E-state index contributed by atoms with van der Waals surface area (Å²) in [6.45, 7) is 3.18. The Morgan fingerprint density at radius 1 is 1.27 bits per heavy atom. The van der Waals surface area contributed by atoms with Crippen LogP contribution in [0.2, 0.25) is 0 Å². The number of rotatable bonds is 3. The highest BCUT2D eigenvalue weighted by atomic mass is 19.4. The van der Waals surface area contributed by atoms with Gasteiger partial charge in [-0.2, -0.15) is 13.2 Å². The van der Waals surface area contributed by atoms with Crippen LogP contribution in [0.3, 0.4) is 0 Å². The van der Waals surface area contributed by atoms with Crippen molar-refractivity contribution in [2.24, 2.45) is 0 Å². The third-order valence-corrected chi connectivity index (χ3v) is 4.28. The van der Waals surface area contributed by atoms with Crippen molar-refractivity contribution in [3.8, 4) is 11.3 Å². The fourth-order valence-electron chi connectivity index (χ4n) is 2.82. The predicted molar refractivity (Wildman–Crippen MR) is 87.1 cm³/mol. The number of carbonyl (C=O) groups excluding carboxylic acids is 1. The minimum atomic E-state index is -4.53. The maximum absolute atomic E-state index is 12.8. The smallest absolute Gasteiger partial charge is 0.359 e. The predicted octanol–water partition coefficient (Wildman–Crippen LogP) is 4.01. The lowest BCUT2D eigenvalue weighted by Gasteiger charge is -2.27. The van der Waals surface area contributed by atoms with Gasteiger partial charge in [-0.05, 0) is 38.3 Å². The summed E-state index contributed by atoms with van der Waals surface area (Å²) in [5.74, 6) is 0.371. The molecule has 1 aliphatic rings. The van der Waals surface area contributed by atoms with Gasteiger partial charge in [-0.25, -0.2) is 4.79 Å². The molecule has 1 atom stereocenters. The lowest BCUT2D eigenvalue weighted by atomic mass is 10.1. The number of aromatic nitrogens is 2. The van der Waals surface area contributed by atoms with Crippen LogP contribution in [-0.4, -0.2) is 34.2 Å². The third-order valence-electron chi connectivity index (χ3n) is 4.28. The van der Waals surface area contributed by atoms with Crippen LogP contribution in [0.4, 0.5) is 18.0 Å². The van der Waals surface area contributed by atoms with Crippen LogP contribution in [0.5, 0.6) is 0 Å². The molecule has 2 aromatic rings. The highest BCUT2D eigenvalue weighted by molar-refractivity contribution is 5.74. The number of urea groups is 1. The molecule has 0 radical (unpaired) electrons. The van der Waals surface area contributed by atoms with Crippen LogP contribution in [0.15, 0.2) is 28.9 Å². The molecule has 0 aromatic carbocycles. The van der Waals surface area contributed by atoms with Crippen molar-refractivity contribution in [1.29, 1.82) is 0 Å². The Morgan fingerprint density at radius 3 is 2.69 bits per heavy atom. The molecule has 2 amide bonds. The van der Waals surface area contributed by atoms with E-state index in [-0.39, 0.29) is 17.3 Å². The van der Waals surface area contributed by atoms with Crippen LogP contribution in [0.25, 0.3) is 11.3 Å². The molecule has 1 N–H and O–H groups in total. The molecule has 1 aliphatic heterocycles. The summed E-state index contributed by atoms with van der Waals surface area (Å²) >= 11 is 0. The van der Waals surface area contributed by atoms with Gasteiger partial charge in [0.2, 0.25) is 0 Å². The zero-order valence-electron chi connectivity index (χ0n) is 14.2. The van der Waals surface area contributed by atoms with Crippen molar-refractivity contribution in [3.05, 3.63) is 35.9 Å². The number of nitrogens with one attached hydrogen (secondary N) is 1. The molecule has 0 unspecified atom stereocenters. The Hall–Kier alpha value is -2.58. The van der Waals surface area contributed by atoms with E-state index < -0.39 is 17.9 Å². The summed E-state index contributed by atoms with van der Waals surface area (Å²) in [4.78, 5) is 17.3. The standard InChI is InChI=1S/C17H19F3N4O2/c1-11(22-16(25)24-7-3-2-4-8-24)14-10-13(23-26-14)12-5-6-21-15(9-12)17(18,19)20/h5-6,9-11H,2-4,7-8H2,1H3,(H,22,25)/t11-/m0/s1. The summed E-state index contributed by atoms with van der Waals surface area (Å²) in [5, 5.41) is 6.64. The summed E-state index contributed by atoms with van der Waals surface area (Å²) < 4.78 is 43.5. The average Bonchev–Trinajstić information content (AvgIpc) is 3.12. The van der Waals surface area contributed by atoms with E-state index in [0.29, 0.717) is 5.76 Å². The summed E-state index contributed by atoms with van der Waals surface area (Å²) in [5.41, 5.74) is -0.491. The number of hydrogen-bond donors (Lipinski definition) is 1. The van der Waals surface area contributed by atoms with E-state index >= 15 is 0 Å². The van der Waals surface area contributed by atoms with Crippen molar-refractivity contribution >= 4 is 6.03 Å². The Labute approximate surface area is 148 Å². The molecule has 9 heteroatoms. The Bertz CT molecular complexity index is 769. The number of carbonyl (C=O) groups is 1. The van der Waals surface area contributed by atoms with E-state index in [2.05, 4.69) is 15.5 Å². The second-order valence-electron chi connectivity index (χ2n) is 6.26. The molecule has 1 saturated heterocycles. The Balaban J connectivity index is 1.70. The second kappa shape index (κ2) is 7.35. The van der Waals surface area contributed by atoms with Gasteiger partial charge in [0.1, 0.15) is 11.4 Å². The van der Waals surface area contributed by atoms with Gasteiger partial charge < -0.3 is 14.7 Å². The van der Waals surface area contributed by atoms with E-state index in [4.69, 9.17) is 4.52 Å². The average molecular weight is 368 g/mol. The van der Waals surface area contributed by atoms with E-state index in [1.165, 1.54) is 12.1 Å². The number of piperidine rings is 1. The van der Waals surface area contributed by atoms with Gasteiger partial charge in [0.15, 0.2) is 5.76 Å². The van der Waals surface area contributed by atoms with Gasteiger partial charge in [0.25, 0.3) is 0 Å². The number of hydrogen-bond acceptors (Lipinski definition) is 4. The fourth-order valence-corrected chi connectivity index (χ4v) is 2.82. The number of halogens is 3. The second-order valence-corrected chi connectivity index (χ2v) is 6.26. The van der Waals surface area contributed by atoms with Crippen LogP contribution in [-0.2, 0) is 6.18 Å². The van der Waals surface area contributed by atoms with Gasteiger partial charge in [-0.3, -0.25) is 4.98 Å². The maximum atomic E-state index is 12.8. The van der Waals surface area contributed by atoms with Crippen LogP contribution < -0.4 is 5.32 Å². The molecule has 140 valence electrons. The zero-order valence-corrected chi connectivity index (χ0v) is 14.2. The van der Waals surface area contributed by atoms with Crippen molar-refractivity contribution in [1.82, 2.24) is 20.4 Å². The van der Waals surface area contributed by atoms with Crippen molar-refractivity contribution < 1.29 is 22.5 Å². The summed E-state index contributed by atoms with van der Waals surface area (Å²) in [6.07, 6.45) is -0.362. The molecule has 0 bridgehead atoms. The largest absolute Gasteiger partial charge is 0.433 e. The molecule has 3 rings (SSSR count). The van der Waals surface area contributed by atoms with Crippen molar-refractivity contribution in [2.75, 3.05) is 13.1 Å². The van der Waals surface area contributed by atoms with Crippen LogP contribution in [0.1, 0.15) is 43.7 Å². The molecule has 26 heavy (non-hydrogen) atoms. The van der Waals surface area contributed by atoms with Crippen LogP contribution >= 0.6 is 0 Å². The number of amides is 2. The van der Waals surface area contributed by atoms with Crippen molar-refractivity contribution in [3.63, 3.8) is 0 Å². The third kappa shape index (κ3) is 4.14. The van der Waals surface area contributed by atoms with Gasteiger partial charge in [-0.15, -0.1) is 0 Å². The van der Waals surface area contributed by atoms with E-state index in [9.17, 15) is 18.0 Å². The lowest BCUT2D eigenvalue weighted by molar-refractivity contribution is -0.141. The molecule has 0 aliphatic carbocycles. The fraction of sp³-hybridized carbons (Fsp3) is 0.471. The molecule has 3 heterocycles. The van der Waals surface area contributed by atoms with Gasteiger partial charge >= 0.3 is 12.2 Å². The van der Waals surface area contributed by atoms with E-state index in [0.717, 1.165) is 44.6 Å². The highest BCUT2D eigenvalue weighted by Crippen LogP contribution is 2.30. The first-order valence-corrected chi connectivity index (χ1v) is 8.40. The molecule has 0 spiro atoms. The van der Waals surface area contributed by atoms with Gasteiger partial charge in [-0.1, -0.05) is 5.16 Å². The minimum absolute atomic E-state index is 0.182. The Kier molecular flexibility index (Phi) is 5.15. The van der Waals surface area contributed by atoms with E-state index in [1.807, 2.05) is 0 Å². The molecular formula is C17H19F3N4O2. The zero-order chi connectivity index (χ0) is 18.7. The topological polar surface area (TPSA) is 71.3 Å². The SMILES string of the molecule is C[C@H](NC(=O)N1CCCCC1)c1cc(-c2ccnc(C(F)(F)F)c2)no1. The summed E-state index contributed by atoms with van der Waals surface area (Å²) in [7, 11) is 0. The number of alkyl halides is 3. The quantitative estimate of drug-likeness (QED) is 0.889. The number of likely N-dealkylation sites (tertiary alicyclic amines) is 1.